The molecule has 1 aromatic carbocycles. The van der Waals surface area contributed by atoms with Gasteiger partial charge in [0.2, 0.25) is 10.0 Å². The summed E-state index contributed by atoms with van der Waals surface area (Å²) in [5, 5.41) is 3.30. The van der Waals surface area contributed by atoms with Gasteiger partial charge in [0.05, 0.1) is 4.90 Å². The lowest BCUT2D eigenvalue weighted by Gasteiger charge is -2.14. The Labute approximate surface area is 128 Å². The van der Waals surface area contributed by atoms with Crippen LogP contribution in [0.3, 0.4) is 0 Å². The molecule has 4 nitrogen and oxygen atoms in total. The number of rotatable bonds is 8. The van der Waals surface area contributed by atoms with Gasteiger partial charge in [0.25, 0.3) is 0 Å². The highest BCUT2D eigenvalue weighted by atomic mass is 32.2. The molecule has 1 fully saturated rings. The third-order valence-corrected chi connectivity index (χ3v) is 5.63. The monoisotopic (exact) mass is 310 g/mol. The van der Waals surface area contributed by atoms with E-state index in [0.29, 0.717) is 18.0 Å². The normalized spacial score (nSPS) is 16.9. The number of nitrogens with one attached hydrogen (secondary N) is 2. The zero-order chi connectivity index (χ0) is 15.5. The lowest BCUT2D eigenvalue weighted by molar-refractivity contribution is 0.530. The van der Waals surface area contributed by atoms with Crippen LogP contribution in [0.2, 0.25) is 0 Å². The first-order valence-electron chi connectivity index (χ1n) is 7.66. The van der Waals surface area contributed by atoms with Gasteiger partial charge in [-0.05, 0) is 55.3 Å². The zero-order valence-corrected chi connectivity index (χ0v) is 14.0. The van der Waals surface area contributed by atoms with Crippen LogP contribution in [-0.2, 0) is 16.6 Å². The largest absolute Gasteiger partial charge is 0.313 e. The van der Waals surface area contributed by atoms with Crippen LogP contribution in [0.15, 0.2) is 23.1 Å². The first-order valence-corrected chi connectivity index (χ1v) is 9.14. The van der Waals surface area contributed by atoms with Gasteiger partial charge in [0, 0.05) is 13.1 Å². The fourth-order valence-corrected chi connectivity index (χ4v) is 3.68. The van der Waals surface area contributed by atoms with Crippen LogP contribution in [-0.4, -0.2) is 21.5 Å². The summed E-state index contributed by atoms with van der Waals surface area (Å²) < 4.78 is 27.7. The van der Waals surface area contributed by atoms with Gasteiger partial charge in [-0.1, -0.05) is 26.0 Å². The molecule has 0 aromatic heterocycles. The van der Waals surface area contributed by atoms with Crippen LogP contribution < -0.4 is 10.0 Å². The number of hydrogen-bond donors (Lipinski definition) is 2. The van der Waals surface area contributed by atoms with Crippen LogP contribution in [0.4, 0.5) is 0 Å². The summed E-state index contributed by atoms with van der Waals surface area (Å²) in [6.45, 7) is 8.25. The molecule has 0 saturated heterocycles. The Bertz CT molecular complexity index is 592. The second-order valence-electron chi connectivity index (χ2n) is 6.41. The van der Waals surface area contributed by atoms with Crippen molar-refractivity contribution < 1.29 is 8.42 Å². The predicted molar refractivity (Wildman–Crippen MR) is 85.7 cm³/mol. The highest BCUT2D eigenvalue weighted by Gasteiger charge is 2.38. The molecule has 0 bridgehead atoms. The Morgan fingerprint density at radius 2 is 2.00 bits per heavy atom. The quantitative estimate of drug-likeness (QED) is 0.726. The van der Waals surface area contributed by atoms with E-state index < -0.39 is 10.0 Å². The van der Waals surface area contributed by atoms with Crippen molar-refractivity contribution in [3.05, 3.63) is 29.3 Å². The minimum Gasteiger partial charge on any atom is -0.313 e. The second-order valence-corrected chi connectivity index (χ2v) is 8.15. The molecule has 0 aliphatic heterocycles. The van der Waals surface area contributed by atoms with Gasteiger partial charge in [0.1, 0.15) is 0 Å². The molecule has 1 aliphatic carbocycles. The van der Waals surface area contributed by atoms with Crippen molar-refractivity contribution in [3.63, 3.8) is 0 Å². The summed E-state index contributed by atoms with van der Waals surface area (Å²) in [6, 6.07) is 5.66. The number of aryl methyl sites for hydroxylation is 1. The maximum Gasteiger partial charge on any atom is 0.240 e. The molecule has 2 N–H and O–H groups in total. The standard InChI is InChI=1S/C16H26N2O2S/c1-4-9-17-11-14-6-5-13(2)15(10-14)21(19,20)18-12-16(3)7-8-16/h5-6,10,17-18H,4,7-9,11-12H2,1-3H3. The Hall–Kier alpha value is -0.910. The topological polar surface area (TPSA) is 58.2 Å². The summed E-state index contributed by atoms with van der Waals surface area (Å²) in [4.78, 5) is 0.405. The van der Waals surface area contributed by atoms with Crippen molar-refractivity contribution in [2.75, 3.05) is 13.1 Å². The van der Waals surface area contributed by atoms with Crippen LogP contribution in [0, 0.1) is 12.3 Å². The highest BCUT2D eigenvalue weighted by molar-refractivity contribution is 7.89. The zero-order valence-electron chi connectivity index (χ0n) is 13.2. The molecule has 1 aliphatic rings. The average molecular weight is 310 g/mol. The second kappa shape index (κ2) is 6.46. The van der Waals surface area contributed by atoms with Crippen LogP contribution in [0.5, 0.6) is 0 Å². The lowest BCUT2D eigenvalue weighted by atomic mass is 10.1. The molecular formula is C16H26N2O2S. The van der Waals surface area contributed by atoms with E-state index >= 15 is 0 Å². The first kappa shape index (κ1) is 16.5. The van der Waals surface area contributed by atoms with Gasteiger partial charge < -0.3 is 5.32 Å². The van der Waals surface area contributed by atoms with Crippen molar-refractivity contribution in [1.29, 1.82) is 0 Å². The molecule has 5 heteroatoms. The lowest BCUT2D eigenvalue weighted by Crippen LogP contribution is -2.29. The third kappa shape index (κ3) is 4.53. The Morgan fingerprint density at radius 3 is 2.62 bits per heavy atom. The van der Waals surface area contributed by atoms with E-state index in [4.69, 9.17) is 0 Å². The number of benzene rings is 1. The molecule has 0 spiro atoms. The Kier molecular flexibility index (Phi) is 5.07. The maximum atomic E-state index is 12.5. The van der Waals surface area contributed by atoms with Gasteiger partial charge >= 0.3 is 0 Å². The summed E-state index contributed by atoms with van der Waals surface area (Å²) in [6.07, 6.45) is 3.28. The van der Waals surface area contributed by atoms with E-state index in [9.17, 15) is 8.42 Å². The van der Waals surface area contributed by atoms with E-state index in [1.165, 1.54) is 0 Å². The van der Waals surface area contributed by atoms with E-state index in [2.05, 4.69) is 23.9 Å². The van der Waals surface area contributed by atoms with Crippen molar-refractivity contribution >= 4 is 10.0 Å². The van der Waals surface area contributed by atoms with Crippen molar-refractivity contribution in [1.82, 2.24) is 10.0 Å². The molecule has 118 valence electrons. The summed E-state index contributed by atoms with van der Waals surface area (Å²) in [7, 11) is -3.42. The molecule has 0 atom stereocenters. The summed E-state index contributed by atoms with van der Waals surface area (Å²) in [5.74, 6) is 0. The van der Waals surface area contributed by atoms with E-state index in [1.807, 2.05) is 19.1 Å². The smallest absolute Gasteiger partial charge is 0.240 e. The minimum absolute atomic E-state index is 0.168. The van der Waals surface area contributed by atoms with Crippen molar-refractivity contribution in [2.45, 2.75) is 51.5 Å². The van der Waals surface area contributed by atoms with E-state index in [1.54, 1.807) is 6.07 Å². The molecule has 21 heavy (non-hydrogen) atoms. The summed E-state index contributed by atoms with van der Waals surface area (Å²) >= 11 is 0. The van der Waals surface area contributed by atoms with Crippen molar-refractivity contribution in [2.24, 2.45) is 5.41 Å². The Balaban J connectivity index is 2.10. The van der Waals surface area contributed by atoms with Gasteiger partial charge in [-0.3, -0.25) is 0 Å². The van der Waals surface area contributed by atoms with E-state index in [0.717, 1.165) is 36.9 Å². The van der Waals surface area contributed by atoms with Gasteiger partial charge in [-0.25, -0.2) is 13.1 Å². The average Bonchev–Trinajstić information content (AvgIpc) is 3.17. The molecule has 1 saturated carbocycles. The molecule has 2 rings (SSSR count). The number of hydrogen-bond acceptors (Lipinski definition) is 3. The Morgan fingerprint density at radius 1 is 1.29 bits per heavy atom. The van der Waals surface area contributed by atoms with Crippen LogP contribution in [0.1, 0.15) is 44.2 Å². The SMILES string of the molecule is CCCNCc1ccc(C)c(S(=O)(=O)NCC2(C)CC2)c1. The first-order chi connectivity index (χ1) is 9.86. The van der Waals surface area contributed by atoms with Crippen LogP contribution in [0.25, 0.3) is 0 Å². The molecule has 0 amide bonds. The van der Waals surface area contributed by atoms with Crippen LogP contribution >= 0.6 is 0 Å². The third-order valence-electron chi connectivity index (χ3n) is 4.09. The molecule has 1 aromatic rings. The highest BCUT2D eigenvalue weighted by Crippen LogP contribution is 2.44. The molecule has 0 radical (unpaired) electrons. The minimum atomic E-state index is -3.42. The fourth-order valence-electron chi connectivity index (χ4n) is 2.19. The predicted octanol–water partition coefficient (Wildman–Crippen LogP) is 2.57. The fraction of sp³-hybridized carbons (Fsp3) is 0.625. The van der Waals surface area contributed by atoms with Gasteiger partial charge in [0.15, 0.2) is 0 Å². The maximum absolute atomic E-state index is 12.5. The summed E-state index contributed by atoms with van der Waals surface area (Å²) in [5.41, 5.74) is 1.97. The van der Waals surface area contributed by atoms with Crippen molar-refractivity contribution in [3.8, 4) is 0 Å². The molecular weight excluding hydrogens is 284 g/mol. The molecule has 0 unspecified atom stereocenters. The van der Waals surface area contributed by atoms with Gasteiger partial charge in [-0.15, -0.1) is 0 Å². The van der Waals surface area contributed by atoms with E-state index in [-0.39, 0.29) is 5.41 Å². The molecule has 0 heterocycles. The van der Waals surface area contributed by atoms with Gasteiger partial charge in [-0.2, -0.15) is 0 Å². The number of sulfonamides is 1.